The van der Waals surface area contributed by atoms with Crippen LogP contribution in [0.5, 0.6) is 0 Å². The summed E-state index contributed by atoms with van der Waals surface area (Å²) in [6.45, 7) is 5.15. The van der Waals surface area contributed by atoms with Crippen molar-refractivity contribution in [2.45, 2.75) is 49.3 Å². The Bertz CT molecular complexity index is 588. The van der Waals surface area contributed by atoms with Crippen LogP contribution in [0.1, 0.15) is 33.1 Å². The number of rotatable bonds is 3. The number of amides is 2. The third kappa shape index (κ3) is 3.00. The van der Waals surface area contributed by atoms with Crippen LogP contribution in [-0.2, 0) is 9.59 Å². The van der Waals surface area contributed by atoms with Gasteiger partial charge in [0.25, 0.3) is 0 Å². The summed E-state index contributed by atoms with van der Waals surface area (Å²) in [6, 6.07) is 8.08. The maximum Gasteiger partial charge on any atom is 0.238 e. The number of hydrogen-bond donors (Lipinski definition) is 1. The minimum Gasteiger partial charge on any atom is -0.339 e. The molecule has 1 N–H and O–H groups in total. The number of para-hydroxylation sites is 1. The van der Waals surface area contributed by atoms with Crippen molar-refractivity contribution >= 4 is 29.3 Å². The lowest BCUT2D eigenvalue weighted by Gasteiger charge is -2.30. The highest BCUT2D eigenvalue weighted by Crippen LogP contribution is 2.37. The van der Waals surface area contributed by atoms with E-state index >= 15 is 0 Å². The molecule has 0 spiro atoms. The lowest BCUT2D eigenvalue weighted by molar-refractivity contribution is -0.134. The molecule has 0 radical (unpaired) electrons. The highest BCUT2D eigenvalue weighted by atomic mass is 32.2. The molecule has 2 atom stereocenters. The van der Waals surface area contributed by atoms with Crippen LogP contribution < -0.4 is 5.32 Å². The third-order valence-electron chi connectivity index (χ3n) is 4.46. The molecule has 2 aliphatic rings. The van der Waals surface area contributed by atoms with Gasteiger partial charge in [0.1, 0.15) is 0 Å². The molecule has 1 fully saturated rings. The van der Waals surface area contributed by atoms with E-state index in [1.54, 1.807) is 0 Å². The predicted octanol–water partition coefficient (Wildman–Crippen LogP) is 3.14. The van der Waals surface area contributed by atoms with Crippen LogP contribution in [0.4, 0.5) is 5.69 Å². The van der Waals surface area contributed by atoms with Gasteiger partial charge in [0, 0.05) is 23.9 Å². The predicted molar refractivity (Wildman–Crippen MR) is 88.9 cm³/mol. The molecule has 1 aromatic rings. The minimum absolute atomic E-state index is 0.0580. The molecule has 2 aliphatic heterocycles. The fraction of sp³-hybridized carbons (Fsp3) is 0.529. The Hall–Kier alpha value is -1.49. The van der Waals surface area contributed by atoms with Crippen molar-refractivity contribution in [3.05, 3.63) is 24.3 Å². The number of nitrogens with one attached hydrogen (secondary N) is 1. The van der Waals surface area contributed by atoms with Gasteiger partial charge in [-0.1, -0.05) is 26.0 Å². The molecule has 4 nitrogen and oxygen atoms in total. The van der Waals surface area contributed by atoms with E-state index < -0.39 is 0 Å². The van der Waals surface area contributed by atoms with Crippen LogP contribution in [0.2, 0.25) is 0 Å². The second kappa shape index (κ2) is 6.32. The van der Waals surface area contributed by atoms with Gasteiger partial charge in [-0.15, -0.1) is 11.8 Å². The van der Waals surface area contributed by atoms with Crippen molar-refractivity contribution in [2.24, 2.45) is 5.92 Å². The highest BCUT2D eigenvalue weighted by Gasteiger charge is 2.35. The fourth-order valence-corrected chi connectivity index (χ4v) is 4.40. The summed E-state index contributed by atoms with van der Waals surface area (Å²) < 4.78 is 0. The average molecular weight is 318 g/mol. The molecule has 0 aromatic heterocycles. The number of anilines is 1. The summed E-state index contributed by atoms with van der Waals surface area (Å²) in [5, 5.41) is 2.59. The minimum atomic E-state index is -0.323. The molecule has 1 aromatic carbocycles. The molecule has 0 bridgehead atoms. The number of likely N-dealkylation sites (tertiary alicyclic amines) is 1. The first-order chi connectivity index (χ1) is 10.6. The van der Waals surface area contributed by atoms with Gasteiger partial charge in [0.2, 0.25) is 11.8 Å². The van der Waals surface area contributed by atoms with Crippen molar-refractivity contribution in [1.29, 1.82) is 0 Å². The molecule has 0 saturated carbocycles. The zero-order chi connectivity index (χ0) is 15.7. The number of carbonyl (C=O) groups is 2. The first-order valence-corrected chi connectivity index (χ1v) is 8.80. The number of thioether (sulfide) groups is 1. The Morgan fingerprint density at radius 1 is 1.41 bits per heavy atom. The van der Waals surface area contributed by atoms with E-state index in [1.807, 2.05) is 29.2 Å². The van der Waals surface area contributed by atoms with E-state index in [0.717, 1.165) is 30.0 Å². The van der Waals surface area contributed by atoms with Gasteiger partial charge >= 0.3 is 0 Å². The first kappa shape index (κ1) is 15.4. The Morgan fingerprint density at radius 2 is 2.18 bits per heavy atom. The third-order valence-corrected chi connectivity index (χ3v) is 5.73. The van der Waals surface area contributed by atoms with Crippen LogP contribution in [0.15, 0.2) is 29.2 Å². The van der Waals surface area contributed by atoms with Crippen LogP contribution >= 0.6 is 11.8 Å². The lowest BCUT2D eigenvalue weighted by atomic mass is 10.0. The second-order valence-electron chi connectivity index (χ2n) is 6.34. The van der Waals surface area contributed by atoms with Crippen molar-refractivity contribution in [1.82, 2.24) is 4.90 Å². The highest BCUT2D eigenvalue weighted by molar-refractivity contribution is 8.01. The molecule has 0 unspecified atom stereocenters. The average Bonchev–Trinajstić information content (AvgIpc) is 2.97. The van der Waals surface area contributed by atoms with Crippen molar-refractivity contribution < 1.29 is 9.59 Å². The molecular weight excluding hydrogens is 296 g/mol. The summed E-state index contributed by atoms with van der Waals surface area (Å²) in [6.07, 6.45) is 2.44. The number of carbonyl (C=O) groups excluding carboxylic acids is 2. The molecule has 5 heteroatoms. The van der Waals surface area contributed by atoms with E-state index in [2.05, 4.69) is 19.2 Å². The van der Waals surface area contributed by atoms with E-state index in [1.165, 1.54) is 11.8 Å². The quantitative estimate of drug-likeness (QED) is 0.931. The van der Waals surface area contributed by atoms with Crippen molar-refractivity contribution in [3.8, 4) is 0 Å². The zero-order valence-electron chi connectivity index (χ0n) is 13.0. The number of fused-ring (bicyclic) bond motifs is 1. The van der Waals surface area contributed by atoms with Crippen LogP contribution in [-0.4, -0.2) is 34.6 Å². The van der Waals surface area contributed by atoms with Gasteiger partial charge < -0.3 is 10.2 Å². The molecular formula is C17H22N2O2S. The molecule has 3 rings (SSSR count). The summed E-state index contributed by atoms with van der Waals surface area (Å²) in [5.41, 5.74) is 0.849. The molecule has 1 saturated heterocycles. The lowest BCUT2D eigenvalue weighted by Crippen LogP contribution is -2.41. The largest absolute Gasteiger partial charge is 0.339 e. The van der Waals surface area contributed by atoms with Gasteiger partial charge in [0.15, 0.2) is 0 Å². The molecule has 2 amide bonds. The summed E-state index contributed by atoms with van der Waals surface area (Å²) >= 11 is 1.50. The Labute approximate surface area is 135 Å². The summed E-state index contributed by atoms with van der Waals surface area (Å²) in [7, 11) is 0. The van der Waals surface area contributed by atoms with Gasteiger partial charge in [-0.05, 0) is 30.9 Å². The van der Waals surface area contributed by atoms with Crippen LogP contribution in [0.3, 0.4) is 0 Å². The molecule has 22 heavy (non-hydrogen) atoms. The van der Waals surface area contributed by atoms with Gasteiger partial charge in [-0.3, -0.25) is 9.59 Å². The summed E-state index contributed by atoms with van der Waals surface area (Å²) in [5.74, 6) is 0.528. The topological polar surface area (TPSA) is 49.4 Å². The number of nitrogens with zero attached hydrogens (tertiary/aromatic N) is 1. The van der Waals surface area contributed by atoms with Crippen molar-refractivity contribution in [3.63, 3.8) is 0 Å². The van der Waals surface area contributed by atoms with Gasteiger partial charge in [0.05, 0.1) is 10.9 Å². The monoisotopic (exact) mass is 318 g/mol. The SMILES string of the molecule is CC(C)[C@H]1CCCN1C(=O)C[C@@H]1Sc2ccccc2NC1=O. The fourth-order valence-electron chi connectivity index (χ4n) is 3.30. The molecule has 2 heterocycles. The van der Waals surface area contributed by atoms with Gasteiger partial charge in [-0.25, -0.2) is 0 Å². The van der Waals surface area contributed by atoms with Gasteiger partial charge in [-0.2, -0.15) is 0 Å². The van der Waals surface area contributed by atoms with E-state index in [-0.39, 0.29) is 23.5 Å². The van der Waals surface area contributed by atoms with E-state index in [0.29, 0.717) is 12.0 Å². The maximum atomic E-state index is 12.6. The molecule has 0 aliphatic carbocycles. The Morgan fingerprint density at radius 3 is 2.95 bits per heavy atom. The van der Waals surface area contributed by atoms with E-state index in [4.69, 9.17) is 0 Å². The first-order valence-electron chi connectivity index (χ1n) is 7.92. The Balaban J connectivity index is 1.68. The second-order valence-corrected chi connectivity index (χ2v) is 7.58. The molecule has 118 valence electrons. The number of hydrogen-bond acceptors (Lipinski definition) is 3. The standard InChI is InChI=1S/C17H22N2O2S/c1-11(2)13-7-5-9-19(13)16(20)10-15-17(21)18-12-6-3-4-8-14(12)22-15/h3-4,6,8,11,13,15H,5,7,9-10H2,1-2H3,(H,18,21)/t13-,15+/m1/s1. The maximum absolute atomic E-state index is 12.6. The number of benzene rings is 1. The van der Waals surface area contributed by atoms with Crippen LogP contribution in [0, 0.1) is 5.92 Å². The van der Waals surface area contributed by atoms with Crippen LogP contribution in [0.25, 0.3) is 0 Å². The Kier molecular flexibility index (Phi) is 4.43. The smallest absolute Gasteiger partial charge is 0.238 e. The van der Waals surface area contributed by atoms with Crippen molar-refractivity contribution in [2.75, 3.05) is 11.9 Å². The summed E-state index contributed by atoms with van der Waals surface area (Å²) in [4.78, 5) is 27.9. The van der Waals surface area contributed by atoms with E-state index in [9.17, 15) is 9.59 Å². The normalized spacial score (nSPS) is 24.3. The zero-order valence-corrected chi connectivity index (χ0v) is 13.9.